The first-order chi connectivity index (χ1) is 10.6. The first-order valence-corrected chi connectivity index (χ1v) is 8.77. The van der Waals surface area contributed by atoms with Crippen molar-refractivity contribution in [3.05, 3.63) is 16.0 Å². The molecule has 2 amide bonds. The quantitative estimate of drug-likeness (QED) is 0.876. The van der Waals surface area contributed by atoms with E-state index in [1.165, 1.54) is 11.3 Å². The first kappa shape index (κ1) is 15.5. The average Bonchev–Trinajstić information content (AvgIpc) is 3.03. The van der Waals surface area contributed by atoms with Crippen LogP contribution >= 0.6 is 11.3 Å². The van der Waals surface area contributed by atoms with E-state index >= 15 is 0 Å². The Balaban J connectivity index is 1.82. The van der Waals surface area contributed by atoms with Crippen molar-refractivity contribution >= 4 is 28.2 Å². The number of carbonyl (C=O) groups is 2. The van der Waals surface area contributed by atoms with Gasteiger partial charge in [0, 0.05) is 17.5 Å². The highest BCUT2D eigenvalue weighted by atomic mass is 32.1. The highest BCUT2D eigenvalue weighted by Gasteiger charge is 2.30. The van der Waals surface area contributed by atoms with Gasteiger partial charge in [-0.1, -0.05) is 6.92 Å². The second-order valence-electron chi connectivity index (χ2n) is 5.93. The Bertz CT molecular complexity index is 586. The molecule has 2 fully saturated rings. The summed E-state index contributed by atoms with van der Waals surface area (Å²) in [5.74, 6) is -0.201. The van der Waals surface area contributed by atoms with Crippen molar-refractivity contribution in [2.75, 3.05) is 11.9 Å². The molecule has 1 aliphatic heterocycles. The normalized spacial score (nSPS) is 20.9. The van der Waals surface area contributed by atoms with Gasteiger partial charge in [0.15, 0.2) is 0 Å². The summed E-state index contributed by atoms with van der Waals surface area (Å²) in [6.45, 7) is 4.67. The minimum atomic E-state index is -0.383. The summed E-state index contributed by atoms with van der Waals surface area (Å²) in [5.41, 5.74) is 1.68. The molecule has 5 nitrogen and oxygen atoms in total. The number of rotatable bonds is 5. The van der Waals surface area contributed by atoms with E-state index < -0.39 is 0 Å². The largest absolute Gasteiger partial charge is 0.368 e. The van der Waals surface area contributed by atoms with Gasteiger partial charge in [0.05, 0.1) is 5.56 Å². The number of hydrogen-bond acceptors (Lipinski definition) is 4. The van der Waals surface area contributed by atoms with Gasteiger partial charge in [-0.2, -0.15) is 0 Å². The van der Waals surface area contributed by atoms with Crippen LogP contribution in [-0.4, -0.2) is 30.6 Å². The molecule has 0 radical (unpaired) electrons. The minimum Gasteiger partial charge on any atom is -0.368 e. The van der Waals surface area contributed by atoms with Gasteiger partial charge >= 0.3 is 0 Å². The lowest BCUT2D eigenvalue weighted by Crippen LogP contribution is -2.30. The van der Waals surface area contributed by atoms with Crippen molar-refractivity contribution in [1.29, 1.82) is 0 Å². The van der Waals surface area contributed by atoms with E-state index in [0.717, 1.165) is 42.5 Å². The maximum Gasteiger partial charge on any atom is 0.254 e. The Labute approximate surface area is 134 Å². The van der Waals surface area contributed by atoms with E-state index in [1.54, 1.807) is 0 Å². The van der Waals surface area contributed by atoms with Crippen molar-refractivity contribution in [3.63, 3.8) is 0 Å². The van der Waals surface area contributed by atoms with Crippen LogP contribution in [0.15, 0.2) is 0 Å². The van der Waals surface area contributed by atoms with Crippen molar-refractivity contribution < 1.29 is 14.3 Å². The Hall–Kier alpha value is -1.40. The molecular formula is C16H22N2O3S. The van der Waals surface area contributed by atoms with Crippen molar-refractivity contribution in [3.8, 4) is 0 Å². The molecule has 0 spiro atoms. The molecule has 0 unspecified atom stereocenters. The number of anilines is 1. The molecule has 0 bridgehead atoms. The summed E-state index contributed by atoms with van der Waals surface area (Å²) in [6.07, 6.45) is 4.16. The second-order valence-corrected chi connectivity index (χ2v) is 7.16. The zero-order chi connectivity index (χ0) is 15.7. The summed E-state index contributed by atoms with van der Waals surface area (Å²) >= 11 is 1.48. The Morgan fingerprint density at radius 3 is 2.68 bits per heavy atom. The molecule has 1 aromatic rings. The molecular weight excluding hydrogens is 300 g/mol. The topological polar surface area (TPSA) is 67.4 Å². The van der Waals surface area contributed by atoms with Gasteiger partial charge in [0.25, 0.3) is 11.8 Å². The van der Waals surface area contributed by atoms with Crippen molar-refractivity contribution in [2.45, 2.75) is 58.1 Å². The van der Waals surface area contributed by atoms with Crippen molar-refractivity contribution in [1.82, 2.24) is 5.32 Å². The van der Waals surface area contributed by atoms with Gasteiger partial charge < -0.3 is 15.4 Å². The SMILES string of the molecule is CCc1c(C)sc(NC(=O)[C@@H]2CCCO2)c1C(=O)NC1CC1. The molecule has 2 N–H and O–H groups in total. The molecule has 0 aromatic carbocycles. The number of nitrogens with one attached hydrogen (secondary N) is 2. The molecule has 1 saturated heterocycles. The van der Waals surface area contributed by atoms with Crippen LogP contribution < -0.4 is 10.6 Å². The number of thiophene rings is 1. The summed E-state index contributed by atoms with van der Waals surface area (Å²) in [5, 5.41) is 6.60. The van der Waals surface area contributed by atoms with Gasteiger partial charge in [-0.25, -0.2) is 0 Å². The van der Waals surface area contributed by atoms with Crippen LogP contribution in [0.3, 0.4) is 0 Å². The van der Waals surface area contributed by atoms with Gasteiger partial charge in [-0.15, -0.1) is 11.3 Å². The van der Waals surface area contributed by atoms with Crippen LogP contribution in [0.5, 0.6) is 0 Å². The first-order valence-electron chi connectivity index (χ1n) is 7.95. The third kappa shape index (κ3) is 3.17. The fraction of sp³-hybridized carbons (Fsp3) is 0.625. The highest BCUT2D eigenvalue weighted by molar-refractivity contribution is 7.16. The predicted octanol–water partition coefficient (Wildman–Crippen LogP) is 2.63. The van der Waals surface area contributed by atoms with E-state index in [4.69, 9.17) is 4.74 Å². The standard InChI is InChI=1S/C16H22N2O3S/c1-3-11-9(2)22-16(13(11)15(20)17-10-6-7-10)18-14(19)12-5-4-8-21-12/h10,12H,3-8H2,1-2H3,(H,17,20)(H,18,19)/t12-/m0/s1. The van der Waals surface area contributed by atoms with Crippen LogP contribution in [0, 0.1) is 6.92 Å². The lowest BCUT2D eigenvalue weighted by molar-refractivity contribution is -0.124. The van der Waals surface area contributed by atoms with E-state index in [9.17, 15) is 9.59 Å². The fourth-order valence-electron chi connectivity index (χ4n) is 2.79. The summed E-state index contributed by atoms with van der Waals surface area (Å²) in [4.78, 5) is 25.9. The van der Waals surface area contributed by atoms with E-state index in [1.807, 2.05) is 13.8 Å². The third-order valence-corrected chi connectivity index (χ3v) is 5.22. The minimum absolute atomic E-state index is 0.0636. The highest BCUT2D eigenvalue weighted by Crippen LogP contribution is 2.34. The van der Waals surface area contributed by atoms with Crippen LogP contribution in [0.4, 0.5) is 5.00 Å². The lowest BCUT2D eigenvalue weighted by Gasteiger charge is -2.11. The summed E-state index contributed by atoms with van der Waals surface area (Å²) in [7, 11) is 0. The zero-order valence-electron chi connectivity index (χ0n) is 13.0. The lowest BCUT2D eigenvalue weighted by atomic mass is 10.1. The molecule has 2 heterocycles. The molecule has 3 rings (SSSR count). The molecule has 1 saturated carbocycles. The van der Waals surface area contributed by atoms with E-state index in [0.29, 0.717) is 23.2 Å². The number of hydrogen-bond donors (Lipinski definition) is 2. The van der Waals surface area contributed by atoms with Crippen LogP contribution in [0.25, 0.3) is 0 Å². The Morgan fingerprint density at radius 1 is 1.32 bits per heavy atom. The maximum absolute atomic E-state index is 12.5. The summed E-state index contributed by atoms with van der Waals surface area (Å²) < 4.78 is 5.42. The Morgan fingerprint density at radius 2 is 2.09 bits per heavy atom. The van der Waals surface area contributed by atoms with E-state index in [-0.39, 0.29) is 17.9 Å². The number of ether oxygens (including phenoxy) is 1. The Kier molecular flexibility index (Phi) is 4.49. The number of amides is 2. The van der Waals surface area contributed by atoms with Gasteiger partial charge in [0.1, 0.15) is 11.1 Å². The van der Waals surface area contributed by atoms with Gasteiger partial charge in [0.2, 0.25) is 0 Å². The zero-order valence-corrected chi connectivity index (χ0v) is 13.8. The molecule has 1 aromatic heterocycles. The van der Waals surface area contributed by atoms with E-state index in [2.05, 4.69) is 10.6 Å². The van der Waals surface area contributed by atoms with Crippen LogP contribution in [-0.2, 0) is 16.0 Å². The van der Waals surface area contributed by atoms with Crippen LogP contribution in [0.2, 0.25) is 0 Å². The average molecular weight is 322 g/mol. The number of carbonyl (C=O) groups excluding carboxylic acids is 2. The predicted molar refractivity (Wildman–Crippen MR) is 86.5 cm³/mol. The monoisotopic (exact) mass is 322 g/mol. The van der Waals surface area contributed by atoms with Gasteiger partial charge in [-0.3, -0.25) is 9.59 Å². The molecule has 120 valence electrons. The fourth-order valence-corrected chi connectivity index (χ4v) is 3.94. The summed E-state index contributed by atoms with van der Waals surface area (Å²) in [6, 6.07) is 0.305. The molecule has 22 heavy (non-hydrogen) atoms. The number of aryl methyl sites for hydroxylation is 1. The molecule has 6 heteroatoms. The molecule has 1 aliphatic carbocycles. The maximum atomic E-state index is 12.5. The third-order valence-electron chi connectivity index (χ3n) is 4.16. The molecule has 2 aliphatic rings. The van der Waals surface area contributed by atoms with Crippen molar-refractivity contribution in [2.24, 2.45) is 0 Å². The molecule has 1 atom stereocenters. The second kappa shape index (κ2) is 6.38. The smallest absolute Gasteiger partial charge is 0.254 e. The van der Waals surface area contributed by atoms with Crippen LogP contribution in [0.1, 0.15) is 53.4 Å². The van der Waals surface area contributed by atoms with Gasteiger partial charge in [-0.05, 0) is 44.6 Å².